The van der Waals surface area contributed by atoms with E-state index in [9.17, 15) is 0 Å². The van der Waals surface area contributed by atoms with Gasteiger partial charge in [-0.2, -0.15) is 0 Å². The minimum atomic E-state index is 0. The van der Waals surface area contributed by atoms with Crippen molar-refractivity contribution in [2.45, 2.75) is 71.6 Å². The van der Waals surface area contributed by atoms with Crippen LogP contribution >= 0.6 is 0 Å². The first-order chi connectivity index (χ1) is 13.1. The fraction of sp³-hybridized carbons (Fsp3) is 0.444. The second kappa shape index (κ2) is 9.71. The maximum atomic E-state index is 2.47. The van der Waals surface area contributed by atoms with E-state index in [1.54, 1.807) is 5.57 Å². The molecule has 1 fully saturated rings. The molecule has 145 valence electrons. The third kappa shape index (κ3) is 4.79. The smallest absolute Gasteiger partial charge is 0.0164 e. The van der Waals surface area contributed by atoms with Crippen LogP contribution in [0.5, 0.6) is 0 Å². The van der Waals surface area contributed by atoms with Gasteiger partial charge in [-0.15, -0.1) is 0 Å². The summed E-state index contributed by atoms with van der Waals surface area (Å²) in [7, 11) is 0. The number of hydrogen-bond donors (Lipinski definition) is 0. The van der Waals surface area contributed by atoms with Crippen LogP contribution in [0.1, 0.15) is 87.0 Å². The molecule has 1 heteroatoms. The van der Waals surface area contributed by atoms with Crippen molar-refractivity contribution in [2.24, 2.45) is 5.92 Å². The van der Waals surface area contributed by atoms with Gasteiger partial charge < -0.3 is 0 Å². The summed E-state index contributed by atoms with van der Waals surface area (Å²) in [5, 5.41) is 0. The number of allylic oxidation sites excluding steroid dienone is 1. The first-order valence-electron chi connectivity index (χ1n) is 10.9. The van der Waals surface area contributed by atoms with Gasteiger partial charge in [0.25, 0.3) is 0 Å². The van der Waals surface area contributed by atoms with Crippen LogP contribution in [-0.4, -0.2) is 0 Å². The molecule has 1 atom stereocenters. The predicted molar refractivity (Wildman–Crippen MR) is 118 cm³/mol. The Hall–Kier alpha value is -0.937. The Bertz CT molecular complexity index is 822. The van der Waals surface area contributed by atoms with E-state index in [4.69, 9.17) is 0 Å². The zero-order valence-corrected chi connectivity index (χ0v) is 20.2. The first kappa shape index (κ1) is 21.8. The summed E-state index contributed by atoms with van der Waals surface area (Å²) in [6.07, 6.45) is 14.5. The molecule has 0 saturated heterocycles. The van der Waals surface area contributed by atoms with Crippen LogP contribution in [-0.2, 0) is 26.2 Å². The Balaban J connectivity index is 0.00000225. The number of hydrogen-bond acceptors (Lipinski definition) is 0. The molecule has 0 heterocycles. The Morgan fingerprint density at radius 3 is 2.39 bits per heavy atom. The Morgan fingerprint density at radius 2 is 1.71 bits per heavy atom. The van der Waals surface area contributed by atoms with Gasteiger partial charge in [0, 0.05) is 32.6 Å². The molecule has 2 aliphatic rings. The molecule has 0 aromatic heterocycles. The van der Waals surface area contributed by atoms with Crippen molar-refractivity contribution < 1.29 is 26.2 Å². The molecule has 1 saturated carbocycles. The van der Waals surface area contributed by atoms with Crippen LogP contribution in [0.4, 0.5) is 0 Å². The summed E-state index contributed by atoms with van der Waals surface area (Å²) in [5.41, 5.74) is 9.95. The predicted octanol–water partition coefficient (Wildman–Crippen LogP) is 8.09. The van der Waals surface area contributed by atoms with E-state index < -0.39 is 0 Å². The Morgan fingerprint density at radius 1 is 1.00 bits per heavy atom. The maximum Gasteiger partial charge on any atom is 0.0164 e. The van der Waals surface area contributed by atoms with E-state index in [0.717, 1.165) is 5.92 Å². The minimum Gasteiger partial charge on any atom is -0.0648 e. The van der Waals surface area contributed by atoms with Crippen LogP contribution < -0.4 is 0 Å². The van der Waals surface area contributed by atoms with Crippen LogP contribution in [0.3, 0.4) is 0 Å². The van der Waals surface area contributed by atoms with E-state index in [-0.39, 0.29) is 26.2 Å². The number of aryl methyl sites for hydroxylation is 1. The van der Waals surface area contributed by atoms with Crippen molar-refractivity contribution in [2.75, 3.05) is 0 Å². The normalized spacial score (nSPS) is 17.6. The van der Waals surface area contributed by atoms with Gasteiger partial charge in [0.15, 0.2) is 0 Å². The monoisotopic (exact) mass is 447 g/mol. The van der Waals surface area contributed by atoms with Crippen LogP contribution in [0.25, 0.3) is 17.2 Å². The summed E-state index contributed by atoms with van der Waals surface area (Å²) < 4.78 is 0. The molecule has 2 aromatic carbocycles. The van der Waals surface area contributed by atoms with Gasteiger partial charge in [-0.05, 0) is 59.4 Å². The molecular weight excluding hydrogens is 416 g/mol. The van der Waals surface area contributed by atoms with Crippen LogP contribution in [0.2, 0.25) is 0 Å². The number of benzene rings is 2. The zero-order chi connectivity index (χ0) is 18.8. The average Bonchev–Trinajstić information content (AvgIpc) is 3.09. The van der Waals surface area contributed by atoms with Gasteiger partial charge in [0.05, 0.1) is 0 Å². The average molecular weight is 449 g/mol. The molecule has 2 aliphatic carbocycles. The second-order valence-corrected chi connectivity index (χ2v) is 8.82. The van der Waals surface area contributed by atoms with Crippen molar-refractivity contribution in [3.8, 4) is 11.1 Å². The van der Waals surface area contributed by atoms with Crippen molar-refractivity contribution in [3.05, 3.63) is 70.6 Å². The summed E-state index contributed by atoms with van der Waals surface area (Å²) in [4.78, 5) is 0. The third-order valence-corrected chi connectivity index (χ3v) is 6.68. The standard InChI is InChI=1S/C27H33.Zr/c1-4-20(3)23-10-12-24(13-11-23)26-15-19(2)14-25-17-22(18-27(25)26)16-21-8-6-5-7-9-21;/h10-15,17-18,20-21H,4-9,16H2,1-3H3;. The van der Waals surface area contributed by atoms with E-state index in [2.05, 4.69) is 69.7 Å². The van der Waals surface area contributed by atoms with Crippen molar-refractivity contribution in [1.82, 2.24) is 0 Å². The van der Waals surface area contributed by atoms with E-state index in [1.165, 1.54) is 78.3 Å². The number of rotatable bonds is 5. The molecule has 28 heavy (non-hydrogen) atoms. The van der Waals surface area contributed by atoms with Crippen molar-refractivity contribution >= 4 is 6.08 Å². The summed E-state index contributed by atoms with van der Waals surface area (Å²) in [6, 6.07) is 14.0. The topological polar surface area (TPSA) is 0 Å². The molecule has 1 unspecified atom stereocenters. The molecule has 0 spiro atoms. The van der Waals surface area contributed by atoms with Gasteiger partial charge in [-0.3, -0.25) is 0 Å². The van der Waals surface area contributed by atoms with E-state index >= 15 is 0 Å². The molecule has 0 bridgehead atoms. The first-order valence-corrected chi connectivity index (χ1v) is 10.9. The van der Waals surface area contributed by atoms with Gasteiger partial charge in [-0.1, -0.05) is 99.6 Å². The van der Waals surface area contributed by atoms with Gasteiger partial charge in [-0.25, -0.2) is 0 Å². The fourth-order valence-electron chi connectivity index (χ4n) is 4.84. The zero-order valence-electron chi connectivity index (χ0n) is 17.7. The van der Waals surface area contributed by atoms with Crippen LogP contribution in [0.15, 0.2) is 42.0 Å². The molecule has 0 amide bonds. The quantitative estimate of drug-likeness (QED) is 0.433. The van der Waals surface area contributed by atoms with Gasteiger partial charge in [0.1, 0.15) is 0 Å². The molecule has 2 aromatic rings. The molecule has 1 radical (unpaired) electrons. The Labute approximate surface area is 191 Å². The van der Waals surface area contributed by atoms with E-state index in [1.807, 2.05) is 0 Å². The summed E-state index contributed by atoms with van der Waals surface area (Å²) >= 11 is 0. The van der Waals surface area contributed by atoms with Crippen molar-refractivity contribution in [3.63, 3.8) is 0 Å². The summed E-state index contributed by atoms with van der Waals surface area (Å²) in [6.45, 7) is 6.80. The third-order valence-electron chi connectivity index (χ3n) is 6.68. The van der Waals surface area contributed by atoms with Gasteiger partial charge >= 0.3 is 0 Å². The SMILES string of the molecule is CCC(C)c1ccc(-c2cc(C)cc3c2C=C(CC2CCCCC2)[CH]3)cc1.[Zr]. The maximum absolute atomic E-state index is 2.47. The van der Waals surface area contributed by atoms with E-state index in [0.29, 0.717) is 5.92 Å². The fourth-order valence-corrected chi connectivity index (χ4v) is 4.84. The minimum absolute atomic E-state index is 0. The molecular formula is C27H33Zr. The molecule has 0 aliphatic heterocycles. The summed E-state index contributed by atoms with van der Waals surface area (Å²) in [5.74, 6) is 1.53. The van der Waals surface area contributed by atoms with Crippen molar-refractivity contribution in [1.29, 1.82) is 0 Å². The molecule has 0 nitrogen and oxygen atoms in total. The Kier molecular flexibility index (Phi) is 7.55. The second-order valence-electron chi connectivity index (χ2n) is 8.82. The number of fused-ring (bicyclic) bond motifs is 1. The van der Waals surface area contributed by atoms with Crippen LogP contribution in [0, 0.1) is 19.3 Å². The largest absolute Gasteiger partial charge is 0.0648 e. The molecule has 4 rings (SSSR count). The molecule has 0 N–H and O–H groups in total. The van der Waals surface area contributed by atoms with Gasteiger partial charge in [0.2, 0.25) is 0 Å².